The molecule has 0 aliphatic rings. The van der Waals surface area contributed by atoms with Gasteiger partial charge in [-0.1, -0.05) is 31.5 Å². The van der Waals surface area contributed by atoms with Crippen LogP contribution in [0.5, 0.6) is 0 Å². The molecule has 4 heteroatoms. The molecule has 0 bridgehead atoms. The molecule has 0 unspecified atom stereocenters. The van der Waals surface area contributed by atoms with Gasteiger partial charge >= 0.3 is 5.97 Å². The monoisotopic (exact) mass is 235 g/mol. The maximum Gasteiger partial charge on any atom is 0.326 e. The predicted molar refractivity (Wildman–Crippen MR) is 64.9 cm³/mol. The number of nitrogens with one attached hydrogen (secondary N) is 1. The predicted octanol–water partition coefficient (Wildman–Crippen LogP) is 1.83. The molecule has 1 aromatic rings. The van der Waals surface area contributed by atoms with Crippen LogP contribution in [0.3, 0.4) is 0 Å². The van der Waals surface area contributed by atoms with E-state index in [0.717, 1.165) is 5.56 Å². The highest BCUT2D eigenvalue weighted by Gasteiger charge is 2.23. The number of carboxylic acids is 1. The largest absolute Gasteiger partial charge is 0.480 e. The molecule has 0 aliphatic carbocycles. The number of carbonyl (C=O) groups is 2. The number of carboxylic acid groups (broad SMARTS) is 1. The lowest BCUT2D eigenvalue weighted by molar-refractivity contribution is -0.140. The summed E-state index contributed by atoms with van der Waals surface area (Å²) in [6, 6.07) is 6.20. The number of hydrogen-bond acceptors (Lipinski definition) is 2. The highest BCUT2D eigenvalue weighted by Crippen LogP contribution is 2.07. The molecule has 1 rings (SSSR count). The summed E-state index contributed by atoms with van der Waals surface area (Å²) < 4.78 is 0. The van der Waals surface area contributed by atoms with Gasteiger partial charge in [-0.3, -0.25) is 4.79 Å². The number of aliphatic carboxylic acids is 1. The van der Waals surface area contributed by atoms with Crippen LogP contribution in [0, 0.1) is 12.8 Å². The average molecular weight is 235 g/mol. The second-order valence-corrected chi connectivity index (χ2v) is 4.40. The van der Waals surface area contributed by atoms with Crippen LogP contribution in [-0.2, 0) is 4.79 Å². The van der Waals surface area contributed by atoms with E-state index < -0.39 is 12.0 Å². The Balaban J connectivity index is 2.81. The van der Waals surface area contributed by atoms with E-state index in [4.69, 9.17) is 5.11 Å². The molecule has 0 heterocycles. The molecule has 1 aromatic carbocycles. The average Bonchev–Trinajstić information content (AvgIpc) is 2.24. The van der Waals surface area contributed by atoms with Gasteiger partial charge in [0, 0.05) is 5.56 Å². The molecule has 0 aromatic heterocycles. The van der Waals surface area contributed by atoms with Crippen molar-refractivity contribution < 1.29 is 14.7 Å². The Labute approximate surface area is 101 Å². The number of aryl methyl sites for hydroxylation is 1. The smallest absolute Gasteiger partial charge is 0.326 e. The number of benzene rings is 1. The van der Waals surface area contributed by atoms with E-state index in [1.54, 1.807) is 32.0 Å². The van der Waals surface area contributed by atoms with Crippen LogP contribution >= 0.6 is 0 Å². The van der Waals surface area contributed by atoms with Crippen LogP contribution in [0.2, 0.25) is 0 Å². The van der Waals surface area contributed by atoms with Crippen LogP contribution in [0.15, 0.2) is 24.3 Å². The first kappa shape index (κ1) is 13.2. The zero-order chi connectivity index (χ0) is 13.0. The third kappa shape index (κ3) is 3.59. The zero-order valence-electron chi connectivity index (χ0n) is 10.2. The van der Waals surface area contributed by atoms with Crippen LogP contribution in [0.4, 0.5) is 0 Å². The lowest BCUT2D eigenvalue weighted by Crippen LogP contribution is -2.44. The molecule has 92 valence electrons. The molecule has 0 saturated heterocycles. The van der Waals surface area contributed by atoms with E-state index in [9.17, 15) is 9.59 Å². The van der Waals surface area contributed by atoms with Crippen molar-refractivity contribution >= 4 is 11.9 Å². The first-order chi connectivity index (χ1) is 7.91. The minimum Gasteiger partial charge on any atom is -0.480 e. The van der Waals surface area contributed by atoms with E-state index >= 15 is 0 Å². The number of amides is 1. The number of carbonyl (C=O) groups excluding carboxylic acids is 1. The molecule has 0 aliphatic heterocycles. The summed E-state index contributed by atoms with van der Waals surface area (Å²) in [6.07, 6.45) is 0. The quantitative estimate of drug-likeness (QED) is 0.836. The minimum atomic E-state index is -1.01. The first-order valence-corrected chi connectivity index (χ1v) is 5.52. The van der Waals surface area contributed by atoms with E-state index in [1.165, 1.54) is 0 Å². The topological polar surface area (TPSA) is 66.4 Å². The van der Waals surface area contributed by atoms with Crippen molar-refractivity contribution in [3.63, 3.8) is 0 Å². The van der Waals surface area contributed by atoms with Gasteiger partial charge in [-0.25, -0.2) is 4.79 Å². The van der Waals surface area contributed by atoms with Crippen molar-refractivity contribution in [1.82, 2.24) is 5.32 Å². The number of hydrogen-bond donors (Lipinski definition) is 2. The van der Waals surface area contributed by atoms with Crippen molar-refractivity contribution in [2.24, 2.45) is 5.92 Å². The van der Waals surface area contributed by atoms with Gasteiger partial charge < -0.3 is 10.4 Å². The van der Waals surface area contributed by atoms with E-state index in [0.29, 0.717) is 5.56 Å². The summed E-state index contributed by atoms with van der Waals surface area (Å²) in [6.45, 7) is 5.40. The van der Waals surface area contributed by atoms with Crippen molar-refractivity contribution in [3.05, 3.63) is 35.4 Å². The molecular weight excluding hydrogens is 218 g/mol. The van der Waals surface area contributed by atoms with E-state index in [2.05, 4.69) is 5.32 Å². The standard InChI is InChI=1S/C13H17NO3/c1-8(2)11(13(16)17)14-12(15)10-6-4-5-9(3)7-10/h4-8,11H,1-3H3,(H,14,15)(H,16,17)/t11-/m0/s1. The second kappa shape index (κ2) is 5.48. The zero-order valence-corrected chi connectivity index (χ0v) is 10.2. The van der Waals surface area contributed by atoms with Crippen LogP contribution in [-0.4, -0.2) is 23.0 Å². The van der Waals surface area contributed by atoms with Gasteiger partial charge in [0.15, 0.2) is 0 Å². The summed E-state index contributed by atoms with van der Waals surface area (Å²) in [7, 11) is 0. The van der Waals surface area contributed by atoms with Gasteiger partial charge in [0.25, 0.3) is 5.91 Å². The van der Waals surface area contributed by atoms with E-state index in [-0.39, 0.29) is 11.8 Å². The van der Waals surface area contributed by atoms with Gasteiger partial charge in [0.1, 0.15) is 6.04 Å². The molecule has 0 radical (unpaired) electrons. The summed E-state index contributed by atoms with van der Waals surface area (Å²) in [5.74, 6) is -1.52. The maximum absolute atomic E-state index is 11.8. The molecule has 1 atom stereocenters. The van der Waals surface area contributed by atoms with E-state index in [1.807, 2.05) is 13.0 Å². The summed E-state index contributed by atoms with van der Waals surface area (Å²) >= 11 is 0. The Kier molecular flexibility index (Phi) is 4.26. The summed E-state index contributed by atoms with van der Waals surface area (Å²) in [4.78, 5) is 22.8. The molecule has 2 N–H and O–H groups in total. The lowest BCUT2D eigenvalue weighted by atomic mass is 10.0. The van der Waals surface area contributed by atoms with Crippen LogP contribution in [0.1, 0.15) is 29.8 Å². The Hall–Kier alpha value is -1.84. The Morgan fingerprint density at radius 3 is 2.41 bits per heavy atom. The summed E-state index contributed by atoms with van der Waals surface area (Å²) in [5, 5.41) is 11.5. The number of rotatable bonds is 4. The Bertz CT molecular complexity index is 426. The highest BCUT2D eigenvalue weighted by molar-refractivity contribution is 5.96. The molecule has 4 nitrogen and oxygen atoms in total. The highest BCUT2D eigenvalue weighted by atomic mass is 16.4. The second-order valence-electron chi connectivity index (χ2n) is 4.40. The van der Waals surface area contributed by atoms with Gasteiger partial charge in [0.05, 0.1) is 0 Å². The van der Waals surface area contributed by atoms with Crippen molar-refractivity contribution in [2.45, 2.75) is 26.8 Å². The van der Waals surface area contributed by atoms with Gasteiger partial charge in [-0.15, -0.1) is 0 Å². The Morgan fingerprint density at radius 2 is 1.94 bits per heavy atom. The van der Waals surface area contributed by atoms with Gasteiger partial charge in [-0.05, 0) is 25.0 Å². The third-order valence-corrected chi connectivity index (χ3v) is 2.50. The van der Waals surface area contributed by atoms with Crippen molar-refractivity contribution in [2.75, 3.05) is 0 Å². The third-order valence-electron chi connectivity index (χ3n) is 2.50. The first-order valence-electron chi connectivity index (χ1n) is 5.52. The molecule has 0 fully saturated rings. The van der Waals surface area contributed by atoms with Crippen molar-refractivity contribution in [1.29, 1.82) is 0 Å². The van der Waals surface area contributed by atoms with Gasteiger partial charge in [0.2, 0.25) is 0 Å². The molecule has 0 spiro atoms. The molecule has 17 heavy (non-hydrogen) atoms. The van der Waals surface area contributed by atoms with Gasteiger partial charge in [-0.2, -0.15) is 0 Å². The van der Waals surface area contributed by atoms with Crippen LogP contribution in [0.25, 0.3) is 0 Å². The molecule has 1 amide bonds. The fourth-order valence-corrected chi connectivity index (χ4v) is 1.52. The maximum atomic E-state index is 11.8. The van der Waals surface area contributed by atoms with Crippen molar-refractivity contribution in [3.8, 4) is 0 Å². The fourth-order valence-electron chi connectivity index (χ4n) is 1.52. The minimum absolute atomic E-state index is 0.152. The molecule has 0 saturated carbocycles. The molecular formula is C13H17NO3. The van der Waals surface area contributed by atoms with Crippen LogP contribution < -0.4 is 5.32 Å². The SMILES string of the molecule is Cc1cccc(C(=O)N[C@H](C(=O)O)C(C)C)c1. The Morgan fingerprint density at radius 1 is 1.29 bits per heavy atom. The lowest BCUT2D eigenvalue weighted by Gasteiger charge is -2.17. The summed E-state index contributed by atoms with van der Waals surface area (Å²) in [5.41, 5.74) is 1.45. The fraction of sp³-hybridized carbons (Fsp3) is 0.385. The normalized spacial score (nSPS) is 12.2.